The van der Waals surface area contributed by atoms with E-state index in [1.807, 2.05) is 23.1 Å². The fourth-order valence-corrected chi connectivity index (χ4v) is 7.78. The number of halogens is 4. The van der Waals surface area contributed by atoms with Gasteiger partial charge in [0.05, 0.1) is 10.6 Å². The number of nitrogens with zero attached hydrogens (tertiary/aromatic N) is 4. The molecular weight excluding hydrogens is 593 g/mol. The summed E-state index contributed by atoms with van der Waals surface area (Å²) in [7, 11) is 0. The van der Waals surface area contributed by atoms with Crippen LogP contribution in [0.25, 0.3) is 0 Å². The van der Waals surface area contributed by atoms with E-state index in [1.165, 1.54) is 29.9 Å². The highest BCUT2D eigenvalue weighted by Crippen LogP contribution is 2.42. The van der Waals surface area contributed by atoms with Crippen LogP contribution in [0.5, 0.6) is 0 Å². The normalized spacial score (nSPS) is 22.6. The molecule has 1 unspecified atom stereocenters. The van der Waals surface area contributed by atoms with Crippen LogP contribution in [0.3, 0.4) is 0 Å². The van der Waals surface area contributed by atoms with Gasteiger partial charge in [-0.15, -0.1) is 0 Å². The third-order valence-electron chi connectivity index (χ3n) is 10.3. The monoisotopic (exact) mass is 632 g/mol. The molecule has 4 heterocycles. The summed E-state index contributed by atoms with van der Waals surface area (Å²) in [5.41, 5.74) is -2.50. The molecule has 4 aliphatic heterocycles. The van der Waals surface area contributed by atoms with Crippen LogP contribution in [0, 0.1) is 11.8 Å². The molecular formula is C33H40ClF3N4O3. The van der Waals surface area contributed by atoms with Gasteiger partial charge >= 0.3 is 6.18 Å². The minimum Gasteiger partial charge on any atom is -0.371 e. The van der Waals surface area contributed by atoms with E-state index in [2.05, 4.69) is 9.80 Å². The number of piperidine rings is 2. The van der Waals surface area contributed by atoms with Gasteiger partial charge in [-0.3, -0.25) is 14.5 Å². The van der Waals surface area contributed by atoms with Crippen LogP contribution in [0.15, 0.2) is 48.5 Å². The van der Waals surface area contributed by atoms with E-state index in [9.17, 15) is 27.9 Å². The molecule has 11 heteroatoms. The summed E-state index contributed by atoms with van der Waals surface area (Å²) in [6.07, 6.45) is 0.419. The van der Waals surface area contributed by atoms with Crippen LogP contribution in [-0.2, 0) is 10.4 Å². The number of alkyl halides is 3. The lowest BCUT2D eigenvalue weighted by Gasteiger charge is -2.44. The number of carbonyl (C=O) groups is 2. The zero-order valence-electron chi connectivity index (χ0n) is 24.8. The highest BCUT2D eigenvalue weighted by atomic mass is 35.5. The number of rotatable bonds is 6. The summed E-state index contributed by atoms with van der Waals surface area (Å²) in [4.78, 5) is 33.9. The molecule has 0 saturated carbocycles. The van der Waals surface area contributed by atoms with Crippen molar-refractivity contribution in [3.8, 4) is 0 Å². The Hall–Kier alpha value is -2.82. The molecule has 7 nitrogen and oxygen atoms in total. The fourth-order valence-electron chi connectivity index (χ4n) is 7.52. The quantitative estimate of drug-likeness (QED) is 0.476. The number of amides is 2. The second-order valence-electron chi connectivity index (χ2n) is 12.8. The van der Waals surface area contributed by atoms with Gasteiger partial charge in [0.25, 0.3) is 17.4 Å². The fraction of sp³-hybridized carbons (Fsp3) is 0.576. The van der Waals surface area contributed by atoms with E-state index >= 15 is 0 Å². The Morgan fingerprint density at radius 3 is 1.95 bits per heavy atom. The molecule has 2 aromatic carbocycles. The van der Waals surface area contributed by atoms with E-state index in [4.69, 9.17) is 11.6 Å². The smallest absolute Gasteiger partial charge is 0.371 e. The summed E-state index contributed by atoms with van der Waals surface area (Å²) in [5, 5.41) is 11.2. The molecule has 238 valence electrons. The molecule has 4 fully saturated rings. The number of aliphatic hydroxyl groups is 1. The number of hydrogen-bond acceptors (Lipinski definition) is 5. The van der Waals surface area contributed by atoms with Crippen LogP contribution >= 0.6 is 11.6 Å². The van der Waals surface area contributed by atoms with Crippen molar-refractivity contribution >= 4 is 29.1 Å². The van der Waals surface area contributed by atoms with Crippen LogP contribution in [0.4, 0.5) is 18.9 Å². The lowest BCUT2D eigenvalue weighted by atomic mass is 9.78. The van der Waals surface area contributed by atoms with Gasteiger partial charge in [0.15, 0.2) is 0 Å². The number of likely N-dealkylation sites (tertiary alicyclic amines) is 3. The number of anilines is 1. The van der Waals surface area contributed by atoms with Gasteiger partial charge in [0.1, 0.15) is 0 Å². The van der Waals surface area contributed by atoms with Crippen molar-refractivity contribution in [2.45, 2.75) is 56.3 Å². The largest absolute Gasteiger partial charge is 0.430 e. The van der Waals surface area contributed by atoms with Gasteiger partial charge in [-0.25, -0.2) is 0 Å². The van der Waals surface area contributed by atoms with E-state index in [0.717, 1.165) is 69.9 Å². The lowest BCUT2D eigenvalue weighted by molar-refractivity contribution is -0.262. The number of benzene rings is 2. The minimum absolute atomic E-state index is 0.0158. The third-order valence-corrected chi connectivity index (χ3v) is 10.6. The van der Waals surface area contributed by atoms with Crippen molar-refractivity contribution in [2.75, 3.05) is 57.3 Å². The SMILES string of the molecule is O=C(c1ccc(N2CCC(C3CCN(C(=O)C(O)(c4ccccc4)C(F)(F)F)CC3)CC2)cc1Cl)N1CC(N2CCCC2)C1. The Balaban J connectivity index is 0.998. The van der Waals surface area contributed by atoms with E-state index in [-0.39, 0.29) is 19.0 Å². The van der Waals surface area contributed by atoms with Crippen LogP contribution in [0.1, 0.15) is 54.4 Å². The molecule has 1 N–H and O–H groups in total. The zero-order chi connectivity index (χ0) is 31.1. The number of hydrogen-bond donors (Lipinski definition) is 1. The standard InChI is InChI=1S/C33H40ClF3N4O3/c34-29-20-26(8-9-28(29)30(42)41-21-27(22-41)38-14-4-5-15-38)39-16-10-23(11-17-39)24-12-18-40(19-13-24)31(43)32(44,33(35,36)37)25-6-2-1-3-7-25/h1-3,6-9,20,23-24,27,44H,4-5,10-19,21-22H2. The lowest BCUT2D eigenvalue weighted by Crippen LogP contribution is -2.60. The maximum absolute atomic E-state index is 14.0. The van der Waals surface area contributed by atoms with Crippen LogP contribution in [-0.4, -0.2) is 96.2 Å². The first-order valence-corrected chi connectivity index (χ1v) is 16.2. The van der Waals surface area contributed by atoms with Crippen LogP contribution in [0.2, 0.25) is 5.02 Å². The van der Waals surface area contributed by atoms with Gasteiger partial charge in [0, 0.05) is 56.6 Å². The Labute approximate surface area is 261 Å². The van der Waals surface area contributed by atoms with E-state index < -0.39 is 23.2 Å². The summed E-state index contributed by atoms with van der Waals surface area (Å²) < 4.78 is 42.0. The van der Waals surface area contributed by atoms with Gasteiger partial charge in [-0.05, 0) is 81.6 Å². The van der Waals surface area contributed by atoms with Crippen molar-refractivity contribution in [1.82, 2.24) is 14.7 Å². The average Bonchev–Trinajstić information content (AvgIpc) is 3.54. The van der Waals surface area contributed by atoms with Gasteiger partial charge in [-0.1, -0.05) is 41.9 Å². The molecule has 0 radical (unpaired) electrons. The molecule has 1 atom stereocenters. The topological polar surface area (TPSA) is 67.3 Å². The summed E-state index contributed by atoms with van der Waals surface area (Å²) in [5.74, 6) is -0.603. The average molecular weight is 633 g/mol. The summed E-state index contributed by atoms with van der Waals surface area (Å²) in [6.45, 7) is 5.78. The number of carbonyl (C=O) groups excluding carboxylic acids is 2. The minimum atomic E-state index is -5.13. The molecule has 0 bridgehead atoms. The van der Waals surface area contributed by atoms with Crippen molar-refractivity contribution < 1.29 is 27.9 Å². The first-order valence-electron chi connectivity index (χ1n) is 15.8. The second kappa shape index (κ2) is 12.5. The third kappa shape index (κ3) is 5.93. The first kappa shape index (κ1) is 31.2. The molecule has 2 aromatic rings. The van der Waals surface area contributed by atoms with E-state index in [1.54, 1.807) is 6.07 Å². The maximum Gasteiger partial charge on any atom is 0.430 e. The Bertz CT molecular complexity index is 1330. The Morgan fingerprint density at radius 1 is 0.795 bits per heavy atom. The molecule has 0 aliphatic carbocycles. The van der Waals surface area contributed by atoms with Crippen LogP contribution < -0.4 is 4.90 Å². The summed E-state index contributed by atoms with van der Waals surface area (Å²) in [6, 6.07) is 12.7. The molecule has 4 aliphatic rings. The highest BCUT2D eigenvalue weighted by Gasteiger charge is 2.62. The second-order valence-corrected chi connectivity index (χ2v) is 13.2. The molecule has 44 heavy (non-hydrogen) atoms. The Morgan fingerprint density at radius 2 is 1.39 bits per heavy atom. The predicted octanol–water partition coefficient (Wildman–Crippen LogP) is 5.17. The van der Waals surface area contributed by atoms with E-state index in [0.29, 0.717) is 41.3 Å². The zero-order valence-corrected chi connectivity index (χ0v) is 25.6. The van der Waals surface area contributed by atoms with Crippen molar-refractivity contribution in [3.05, 3.63) is 64.7 Å². The first-order chi connectivity index (χ1) is 21.1. The maximum atomic E-state index is 14.0. The predicted molar refractivity (Wildman–Crippen MR) is 163 cm³/mol. The van der Waals surface area contributed by atoms with Gasteiger partial charge in [-0.2, -0.15) is 13.2 Å². The molecule has 2 amide bonds. The van der Waals surface area contributed by atoms with Crippen molar-refractivity contribution in [2.24, 2.45) is 11.8 Å². The molecule has 4 saturated heterocycles. The van der Waals surface area contributed by atoms with Gasteiger partial charge < -0.3 is 19.8 Å². The molecule has 6 rings (SSSR count). The Kier molecular flexibility index (Phi) is 8.87. The van der Waals surface area contributed by atoms with Crippen molar-refractivity contribution in [1.29, 1.82) is 0 Å². The van der Waals surface area contributed by atoms with Gasteiger partial charge in [0.2, 0.25) is 0 Å². The van der Waals surface area contributed by atoms with Crippen molar-refractivity contribution in [3.63, 3.8) is 0 Å². The summed E-state index contributed by atoms with van der Waals surface area (Å²) >= 11 is 6.62. The molecule has 0 spiro atoms. The molecule has 0 aromatic heterocycles. The highest BCUT2D eigenvalue weighted by molar-refractivity contribution is 6.34.